The molecule has 2 unspecified atom stereocenters. The fraction of sp³-hybridized carbons (Fsp3) is 1.00. The van der Waals surface area contributed by atoms with Crippen molar-refractivity contribution in [3.05, 3.63) is 0 Å². The Morgan fingerprint density at radius 3 is 2.44 bits per heavy atom. The van der Waals surface area contributed by atoms with Crippen molar-refractivity contribution in [3.63, 3.8) is 0 Å². The van der Waals surface area contributed by atoms with E-state index in [0.29, 0.717) is 12.8 Å². The summed E-state index contributed by atoms with van der Waals surface area (Å²) in [5.41, 5.74) is 5.43. The van der Waals surface area contributed by atoms with Crippen LogP contribution in [0.25, 0.3) is 0 Å². The molecule has 0 fully saturated rings. The second-order valence-electron chi connectivity index (χ2n) is 2.15. The van der Waals surface area contributed by atoms with Crippen LogP contribution in [0.15, 0.2) is 0 Å². The molecule has 0 aromatic heterocycles. The van der Waals surface area contributed by atoms with Gasteiger partial charge in [0.05, 0.1) is 6.10 Å². The summed E-state index contributed by atoms with van der Waals surface area (Å²) in [6.07, 6.45) is 0.674. The van der Waals surface area contributed by atoms with E-state index in [0.717, 1.165) is 0 Å². The van der Waals surface area contributed by atoms with E-state index in [-0.39, 0.29) is 12.6 Å². The Hall–Kier alpha value is -0.120. The van der Waals surface area contributed by atoms with Gasteiger partial charge in [0, 0.05) is 12.6 Å². The van der Waals surface area contributed by atoms with Gasteiger partial charge in [-0.3, -0.25) is 0 Å². The number of aliphatic hydroxyl groups excluding tert-OH is 2. The molecule has 0 heterocycles. The molecule has 0 saturated carbocycles. The van der Waals surface area contributed by atoms with E-state index < -0.39 is 6.10 Å². The van der Waals surface area contributed by atoms with Gasteiger partial charge in [0.25, 0.3) is 0 Å². The largest absolute Gasteiger partial charge is 0.396 e. The first-order valence-corrected chi connectivity index (χ1v) is 3.26. The number of rotatable bonds is 4. The maximum atomic E-state index is 9.02. The normalized spacial score (nSPS) is 17.3. The number of hydrogen-bond donors (Lipinski definition) is 3. The summed E-state index contributed by atoms with van der Waals surface area (Å²) in [4.78, 5) is 0. The monoisotopic (exact) mass is 133 g/mol. The van der Waals surface area contributed by atoms with Gasteiger partial charge in [-0.05, 0) is 12.8 Å². The Bertz CT molecular complexity index is 68.1. The van der Waals surface area contributed by atoms with Crippen LogP contribution in [0.2, 0.25) is 0 Å². The predicted octanol–water partition coefficient (Wildman–Crippen LogP) is -0.533. The lowest BCUT2D eigenvalue weighted by molar-refractivity contribution is 0.124. The molecule has 0 aliphatic carbocycles. The fourth-order valence-corrected chi connectivity index (χ4v) is 0.644. The van der Waals surface area contributed by atoms with Gasteiger partial charge in [-0.15, -0.1) is 0 Å². The fourth-order valence-electron chi connectivity index (χ4n) is 0.644. The first-order valence-electron chi connectivity index (χ1n) is 3.26. The van der Waals surface area contributed by atoms with E-state index in [2.05, 4.69) is 0 Å². The smallest absolute Gasteiger partial charge is 0.0689 e. The van der Waals surface area contributed by atoms with Gasteiger partial charge in [0.2, 0.25) is 0 Å². The zero-order chi connectivity index (χ0) is 7.28. The summed E-state index contributed by atoms with van der Waals surface area (Å²) in [5.74, 6) is 0. The molecule has 4 N–H and O–H groups in total. The van der Waals surface area contributed by atoms with Gasteiger partial charge in [0.1, 0.15) is 0 Å². The minimum atomic E-state index is -0.461. The SMILES string of the molecule is CCC(O)C(N)CCO. The highest BCUT2D eigenvalue weighted by molar-refractivity contribution is 4.68. The number of aliphatic hydroxyl groups is 2. The van der Waals surface area contributed by atoms with Gasteiger partial charge in [0.15, 0.2) is 0 Å². The highest BCUT2D eigenvalue weighted by Gasteiger charge is 2.10. The van der Waals surface area contributed by atoms with Crippen LogP contribution in [0, 0.1) is 0 Å². The number of hydrogen-bond acceptors (Lipinski definition) is 3. The van der Waals surface area contributed by atoms with Crippen molar-refractivity contribution in [2.75, 3.05) is 6.61 Å². The van der Waals surface area contributed by atoms with Crippen molar-refractivity contribution in [1.29, 1.82) is 0 Å². The molecule has 0 aromatic rings. The minimum Gasteiger partial charge on any atom is -0.396 e. The predicted molar refractivity (Wildman–Crippen MR) is 36.0 cm³/mol. The molecule has 0 spiro atoms. The summed E-state index contributed by atoms with van der Waals surface area (Å²) in [5, 5.41) is 17.4. The summed E-state index contributed by atoms with van der Waals surface area (Å²) in [6.45, 7) is 1.92. The van der Waals surface area contributed by atoms with Crippen LogP contribution in [-0.2, 0) is 0 Å². The molecule has 0 radical (unpaired) electrons. The average molecular weight is 133 g/mol. The quantitative estimate of drug-likeness (QED) is 0.483. The third-order valence-corrected chi connectivity index (χ3v) is 1.37. The zero-order valence-corrected chi connectivity index (χ0v) is 5.75. The topological polar surface area (TPSA) is 66.5 Å². The molecule has 3 heteroatoms. The molecule has 0 saturated heterocycles. The summed E-state index contributed by atoms with van der Waals surface area (Å²) < 4.78 is 0. The molecule has 0 aliphatic heterocycles. The van der Waals surface area contributed by atoms with Crippen LogP contribution in [-0.4, -0.2) is 29.0 Å². The van der Waals surface area contributed by atoms with E-state index in [4.69, 9.17) is 15.9 Å². The van der Waals surface area contributed by atoms with E-state index in [1.807, 2.05) is 6.92 Å². The highest BCUT2D eigenvalue weighted by Crippen LogP contribution is 1.98. The molecule has 0 amide bonds. The highest BCUT2D eigenvalue weighted by atomic mass is 16.3. The van der Waals surface area contributed by atoms with Gasteiger partial charge >= 0.3 is 0 Å². The van der Waals surface area contributed by atoms with Crippen LogP contribution in [0.4, 0.5) is 0 Å². The molecule has 0 aliphatic rings. The van der Waals surface area contributed by atoms with Gasteiger partial charge in [-0.1, -0.05) is 6.92 Å². The molecule has 56 valence electrons. The van der Waals surface area contributed by atoms with Crippen molar-refractivity contribution in [2.45, 2.75) is 31.9 Å². The molecular weight excluding hydrogens is 118 g/mol. The van der Waals surface area contributed by atoms with Crippen molar-refractivity contribution >= 4 is 0 Å². The molecule has 0 bridgehead atoms. The first-order chi connectivity index (χ1) is 4.22. The van der Waals surface area contributed by atoms with E-state index in [1.54, 1.807) is 0 Å². The van der Waals surface area contributed by atoms with Crippen molar-refractivity contribution in [1.82, 2.24) is 0 Å². The molecule has 2 atom stereocenters. The molecule has 9 heavy (non-hydrogen) atoms. The van der Waals surface area contributed by atoms with Crippen molar-refractivity contribution < 1.29 is 10.2 Å². The average Bonchev–Trinajstić information content (AvgIpc) is 1.87. The van der Waals surface area contributed by atoms with Gasteiger partial charge in [-0.2, -0.15) is 0 Å². The van der Waals surface area contributed by atoms with Crippen LogP contribution in [0.5, 0.6) is 0 Å². The Balaban J connectivity index is 3.32. The second-order valence-corrected chi connectivity index (χ2v) is 2.15. The lowest BCUT2D eigenvalue weighted by atomic mass is 10.1. The van der Waals surface area contributed by atoms with Crippen LogP contribution in [0.1, 0.15) is 19.8 Å². The van der Waals surface area contributed by atoms with Crippen molar-refractivity contribution in [2.24, 2.45) is 5.73 Å². The summed E-state index contributed by atoms with van der Waals surface area (Å²) >= 11 is 0. The third-order valence-electron chi connectivity index (χ3n) is 1.37. The Morgan fingerprint density at radius 2 is 2.11 bits per heavy atom. The Labute approximate surface area is 55.5 Å². The van der Waals surface area contributed by atoms with Crippen molar-refractivity contribution in [3.8, 4) is 0 Å². The maximum absolute atomic E-state index is 9.02. The Morgan fingerprint density at radius 1 is 1.56 bits per heavy atom. The van der Waals surface area contributed by atoms with Gasteiger partial charge < -0.3 is 15.9 Å². The van der Waals surface area contributed by atoms with E-state index in [1.165, 1.54) is 0 Å². The van der Waals surface area contributed by atoms with Gasteiger partial charge in [-0.25, -0.2) is 0 Å². The first kappa shape index (κ1) is 8.88. The maximum Gasteiger partial charge on any atom is 0.0689 e. The molecule has 3 nitrogen and oxygen atoms in total. The lowest BCUT2D eigenvalue weighted by Crippen LogP contribution is -2.34. The lowest BCUT2D eigenvalue weighted by Gasteiger charge is -2.14. The second kappa shape index (κ2) is 4.73. The van der Waals surface area contributed by atoms with Crippen LogP contribution in [0.3, 0.4) is 0 Å². The molecular formula is C6H15NO2. The summed E-state index contributed by atoms with van der Waals surface area (Å²) in [6, 6.07) is -0.264. The molecule has 0 aromatic carbocycles. The van der Waals surface area contributed by atoms with Crippen LogP contribution < -0.4 is 5.73 Å². The Kier molecular flexibility index (Phi) is 4.67. The van der Waals surface area contributed by atoms with E-state index >= 15 is 0 Å². The standard InChI is InChI=1S/C6H15NO2/c1-2-6(9)5(7)3-4-8/h5-6,8-9H,2-4,7H2,1H3. The summed E-state index contributed by atoms with van der Waals surface area (Å²) in [7, 11) is 0. The minimum absolute atomic E-state index is 0.0538. The third kappa shape index (κ3) is 3.46. The zero-order valence-electron chi connectivity index (χ0n) is 5.75. The molecule has 0 rings (SSSR count). The van der Waals surface area contributed by atoms with Crippen LogP contribution >= 0.6 is 0 Å². The van der Waals surface area contributed by atoms with E-state index in [9.17, 15) is 0 Å². The number of nitrogens with two attached hydrogens (primary N) is 1.